The maximum atomic E-state index is 12.0. The standard InChI is InChI=1S/C13H18FN/c14-9-1-3-11-5-7-12(8-6-11)13-4-2-10-15-13/h5-8,13,15H,1-4,9-10H2. The predicted molar refractivity (Wildman–Crippen MR) is 60.7 cm³/mol. The molecule has 0 bridgehead atoms. The molecule has 0 aliphatic carbocycles. The first-order valence-corrected chi connectivity index (χ1v) is 5.78. The summed E-state index contributed by atoms with van der Waals surface area (Å²) in [6.07, 6.45) is 4.01. The van der Waals surface area contributed by atoms with Gasteiger partial charge in [-0.1, -0.05) is 24.3 Å². The molecular weight excluding hydrogens is 189 g/mol. The molecule has 2 heteroatoms. The molecular formula is C13H18FN. The number of hydrogen-bond acceptors (Lipinski definition) is 1. The maximum Gasteiger partial charge on any atom is 0.0897 e. The van der Waals surface area contributed by atoms with E-state index in [-0.39, 0.29) is 6.67 Å². The summed E-state index contributed by atoms with van der Waals surface area (Å²) >= 11 is 0. The summed E-state index contributed by atoms with van der Waals surface area (Å²) in [6, 6.07) is 9.16. The second kappa shape index (κ2) is 5.26. The molecule has 0 aromatic heterocycles. The van der Waals surface area contributed by atoms with E-state index in [0.717, 1.165) is 13.0 Å². The molecule has 1 fully saturated rings. The van der Waals surface area contributed by atoms with Crippen molar-refractivity contribution in [2.75, 3.05) is 13.2 Å². The van der Waals surface area contributed by atoms with Crippen molar-refractivity contribution < 1.29 is 4.39 Å². The van der Waals surface area contributed by atoms with E-state index in [0.29, 0.717) is 12.5 Å². The van der Waals surface area contributed by atoms with Gasteiger partial charge in [-0.2, -0.15) is 0 Å². The van der Waals surface area contributed by atoms with Crippen LogP contribution in [-0.2, 0) is 6.42 Å². The monoisotopic (exact) mass is 207 g/mol. The topological polar surface area (TPSA) is 12.0 Å². The summed E-state index contributed by atoms with van der Waals surface area (Å²) < 4.78 is 12.0. The number of hydrogen-bond donors (Lipinski definition) is 1. The van der Waals surface area contributed by atoms with E-state index < -0.39 is 0 Å². The second-order valence-corrected chi connectivity index (χ2v) is 4.18. The highest BCUT2D eigenvalue weighted by molar-refractivity contribution is 5.25. The van der Waals surface area contributed by atoms with Crippen LogP contribution in [0.25, 0.3) is 0 Å². The number of aryl methyl sites for hydroxylation is 1. The molecule has 1 aliphatic heterocycles. The average Bonchev–Trinajstić information content (AvgIpc) is 2.80. The van der Waals surface area contributed by atoms with Crippen LogP contribution in [0.1, 0.15) is 36.4 Å². The summed E-state index contributed by atoms with van der Waals surface area (Å²) in [5.41, 5.74) is 2.62. The molecule has 0 amide bonds. The smallest absolute Gasteiger partial charge is 0.0897 e. The molecule has 1 aliphatic rings. The zero-order chi connectivity index (χ0) is 10.5. The van der Waals surface area contributed by atoms with E-state index in [2.05, 4.69) is 29.6 Å². The van der Waals surface area contributed by atoms with Crippen LogP contribution in [0.5, 0.6) is 0 Å². The van der Waals surface area contributed by atoms with Crippen molar-refractivity contribution in [2.24, 2.45) is 0 Å². The Morgan fingerprint density at radius 3 is 2.67 bits per heavy atom. The first-order chi connectivity index (χ1) is 7.40. The largest absolute Gasteiger partial charge is 0.310 e. The van der Waals surface area contributed by atoms with Gasteiger partial charge in [0.15, 0.2) is 0 Å². The fraction of sp³-hybridized carbons (Fsp3) is 0.538. The molecule has 1 aromatic carbocycles. The van der Waals surface area contributed by atoms with Gasteiger partial charge in [-0.05, 0) is 43.4 Å². The minimum Gasteiger partial charge on any atom is -0.310 e. The predicted octanol–water partition coefficient (Wildman–Crippen LogP) is 3.01. The van der Waals surface area contributed by atoms with Gasteiger partial charge in [0.05, 0.1) is 6.67 Å². The number of alkyl halides is 1. The molecule has 1 unspecified atom stereocenters. The van der Waals surface area contributed by atoms with Crippen molar-refractivity contribution in [3.63, 3.8) is 0 Å². The lowest BCUT2D eigenvalue weighted by Gasteiger charge is -2.10. The van der Waals surface area contributed by atoms with Gasteiger partial charge in [0.2, 0.25) is 0 Å². The van der Waals surface area contributed by atoms with Crippen LogP contribution >= 0.6 is 0 Å². The second-order valence-electron chi connectivity index (χ2n) is 4.18. The van der Waals surface area contributed by atoms with Crippen molar-refractivity contribution in [1.29, 1.82) is 0 Å². The molecule has 0 radical (unpaired) electrons. The molecule has 1 heterocycles. The third kappa shape index (κ3) is 2.78. The molecule has 1 atom stereocenters. The zero-order valence-corrected chi connectivity index (χ0v) is 9.01. The van der Waals surface area contributed by atoms with E-state index in [1.54, 1.807) is 0 Å². The number of benzene rings is 1. The zero-order valence-electron chi connectivity index (χ0n) is 9.01. The number of halogens is 1. The molecule has 1 aromatic rings. The van der Waals surface area contributed by atoms with E-state index in [1.165, 1.54) is 24.0 Å². The third-order valence-corrected chi connectivity index (χ3v) is 3.04. The van der Waals surface area contributed by atoms with Crippen molar-refractivity contribution in [2.45, 2.75) is 31.7 Å². The lowest BCUT2D eigenvalue weighted by molar-refractivity contribution is 0.473. The summed E-state index contributed by atoms with van der Waals surface area (Å²) in [4.78, 5) is 0. The van der Waals surface area contributed by atoms with Crippen LogP contribution in [0.4, 0.5) is 4.39 Å². The Morgan fingerprint density at radius 1 is 1.27 bits per heavy atom. The van der Waals surface area contributed by atoms with Crippen LogP contribution in [0, 0.1) is 0 Å². The van der Waals surface area contributed by atoms with Crippen molar-refractivity contribution in [3.8, 4) is 0 Å². The minimum atomic E-state index is -0.216. The molecule has 0 spiro atoms. The summed E-state index contributed by atoms with van der Waals surface area (Å²) in [5, 5.41) is 3.48. The first kappa shape index (κ1) is 10.6. The quantitative estimate of drug-likeness (QED) is 0.800. The highest BCUT2D eigenvalue weighted by Crippen LogP contribution is 2.23. The van der Waals surface area contributed by atoms with Crippen LogP contribution < -0.4 is 5.32 Å². The Morgan fingerprint density at radius 2 is 2.07 bits per heavy atom. The average molecular weight is 207 g/mol. The Balaban J connectivity index is 1.96. The van der Waals surface area contributed by atoms with E-state index >= 15 is 0 Å². The van der Waals surface area contributed by atoms with E-state index in [1.807, 2.05) is 0 Å². The highest BCUT2D eigenvalue weighted by atomic mass is 19.1. The maximum absolute atomic E-state index is 12.0. The first-order valence-electron chi connectivity index (χ1n) is 5.78. The van der Waals surface area contributed by atoms with Crippen molar-refractivity contribution in [3.05, 3.63) is 35.4 Å². The van der Waals surface area contributed by atoms with Gasteiger partial charge in [-0.25, -0.2) is 0 Å². The molecule has 1 saturated heterocycles. The normalized spacial score (nSPS) is 20.7. The number of rotatable bonds is 4. The SMILES string of the molecule is FCCCc1ccc(C2CCCN2)cc1. The van der Waals surface area contributed by atoms with E-state index in [9.17, 15) is 4.39 Å². The minimum absolute atomic E-state index is 0.216. The van der Waals surface area contributed by atoms with Gasteiger partial charge in [-0.15, -0.1) is 0 Å². The Hall–Kier alpha value is -0.890. The summed E-state index contributed by atoms with van der Waals surface area (Å²) in [5.74, 6) is 0. The van der Waals surface area contributed by atoms with Gasteiger partial charge >= 0.3 is 0 Å². The van der Waals surface area contributed by atoms with Gasteiger partial charge in [0.25, 0.3) is 0 Å². The molecule has 1 nitrogen and oxygen atoms in total. The lowest BCUT2D eigenvalue weighted by Crippen LogP contribution is -2.12. The van der Waals surface area contributed by atoms with Crippen molar-refractivity contribution in [1.82, 2.24) is 5.32 Å². The van der Waals surface area contributed by atoms with Crippen LogP contribution in [0.2, 0.25) is 0 Å². The van der Waals surface area contributed by atoms with Gasteiger partial charge in [0, 0.05) is 6.04 Å². The van der Waals surface area contributed by atoms with Gasteiger partial charge < -0.3 is 5.32 Å². The van der Waals surface area contributed by atoms with Crippen LogP contribution in [0.15, 0.2) is 24.3 Å². The van der Waals surface area contributed by atoms with Gasteiger partial charge in [-0.3, -0.25) is 4.39 Å². The third-order valence-electron chi connectivity index (χ3n) is 3.04. The summed E-state index contributed by atoms with van der Waals surface area (Å²) in [6.45, 7) is 0.917. The summed E-state index contributed by atoms with van der Waals surface area (Å²) in [7, 11) is 0. The fourth-order valence-corrected chi connectivity index (χ4v) is 2.16. The van der Waals surface area contributed by atoms with E-state index in [4.69, 9.17) is 0 Å². The highest BCUT2D eigenvalue weighted by Gasteiger charge is 2.15. The fourth-order valence-electron chi connectivity index (χ4n) is 2.16. The van der Waals surface area contributed by atoms with Crippen LogP contribution in [0.3, 0.4) is 0 Å². The van der Waals surface area contributed by atoms with Crippen molar-refractivity contribution >= 4 is 0 Å². The molecule has 15 heavy (non-hydrogen) atoms. The van der Waals surface area contributed by atoms with Gasteiger partial charge in [0.1, 0.15) is 0 Å². The molecule has 0 saturated carbocycles. The Bertz CT molecular complexity index is 288. The van der Waals surface area contributed by atoms with Crippen LogP contribution in [-0.4, -0.2) is 13.2 Å². The Kier molecular flexibility index (Phi) is 3.73. The number of nitrogens with one attached hydrogen (secondary N) is 1. The lowest BCUT2D eigenvalue weighted by atomic mass is 10.0. The Labute approximate surface area is 90.7 Å². The molecule has 82 valence electrons. The molecule has 1 N–H and O–H groups in total. The molecule has 2 rings (SSSR count).